The molecule has 198 valence electrons. The van der Waals surface area contributed by atoms with E-state index in [2.05, 4.69) is 0 Å². The average Bonchev–Trinajstić information content (AvgIpc) is 3.46. The number of nitrogens with zero attached hydrogens (tertiary/aromatic N) is 1. The molecule has 1 aliphatic heterocycles. The quantitative estimate of drug-likeness (QED) is 0.360. The SMILES string of the molecule is COC(=O)C1CC[C@@]2(C=C(c3cc(N(C)C(=O)C(F)(F)F)ccc3C(C)C)CO2)C1c1ccc(F)cc1. The van der Waals surface area contributed by atoms with E-state index in [4.69, 9.17) is 9.47 Å². The first-order valence-electron chi connectivity index (χ1n) is 12.1. The number of carbonyl (C=O) groups excluding carboxylic acids is 2. The Kier molecular flexibility index (Phi) is 7.21. The maximum atomic E-state index is 13.7. The Balaban J connectivity index is 1.79. The summed E-state index contributed by atoms with van der Waals surface area (Å²) >= 11 is 0. The summed E-state index contributed by atoms with van der Waals surface area (Å²) in [6, 6.07) is 10.7. The zero-order valence-electron chi connectivity index (χ0n) is 21.1. The Morgan fingerprint density at radius 1 is 1.14 bits per heavy atom. The van der Waals surface area contributed by atoms with Crippen LogP contribution in [0.2, 0.25) is 0 Å². The Morgan fingerprint density at radius 3 is 2.41 bits per heavy atom. The Bertz CT molecular complexity index is 1220. The molecule has 2 aliphatic rings. The number of amides is 1. The number of methoxy groups -OCH3 is 1. The minimum Gasteiger partial charge on any atom is -0.469 e. The van der Waals surface area contributed by atoms with Gasteiger partial charge in [-0.3, -0.25) is 9.59 Å². The van der Waals surface area contributed by atoms with Gasteiger partial charge in [-0.05, 0) is 71.4 Å². The van der Waals surface area contributed by atoms with Crippen LogP contribution >= 0.6 is 0 Å². The molecule has 3 atom stereocenters. The van der Waals surface area contributed by atoms with Crippen molar-refractivity contribution < 1.29 is 36.6 Å². The number of hydrogen-bond acceptors (Lipinski definition) is 4. The van der Waals surface area contributed by atoms with E-state index in [0.717, 1.165) is 23.7 Å². The van der Waals surface area contributed by atoms with Crippen LogP contribution in [0.4, 0.5) is 23.2 Å². The first-order valence-corrected chi connectivity index (χ1v) is 12.1. The van der Waals surface area contributed by atoms with Crippen LogP contribution in [0.1, 0.15) is 55.2 Å². The second-order valence-corrected chi connectivity index (χ2v) is 9.90. The van der Waals surface area contributed by atoms with E-state index in [1.54, 1.807) is 24.3 Å². The van der Waals surface area contributed by atoms with Gasteiger partial charge in [-0.25, -0.2) is 4.39 Å². The van der Waals surface area contributed by atoms with Crippen LogP contribution in [0.25, 0.3) is 5.57 Å². The number of halogens is 4. The van der Waals surface area contributed by atoms with Crippen molar-refractivity contribution in [1.29, 1.82) is 0 Å². The fourth-order valence-corrected chi connectivity index (χ4v) is 5.55. The van der Waals surface area contributed by atoms with Crippen molar-refractivity contribution in [2.75, 3.05) is 25.7 Å². The third kappa shape index (κ3) is 5.01. The van der Waals surface area contributed by atoms with Gasteiger partial charge in [0.05, 0.1) is 25.2 Å². The summed E-state index contributed by atoms with van der Waals surface area (Å²) in [6.07, 6.45) is -2.04. The van der Waals surface area contributed by atoms with Crippen molar-refractivity contribution in [2.24, 2.45) is 5.92 Å². The van der Waals surface area contributed by atoms with Crippen LogP contribution in [-0.2, 0) is 19.1 Å². The van der Waals surface area contributed by atoms with Gasteiger partial charge in [0.1, 0.15) is 5.82 Å². The van der Waals surface area contributed by atoms with E-state index in [9.17, 15) is 27.2 Å². The molecule has 1 fully saturated rings. The summed E-state index contributed by atoms with van der Waals surface area (Å²) < 4.78 is 64.3. The zero-order chi connectivity index (χ0) is 27.1. The third-order valence-corrected chi connectivity index (χ3v) is 7.36. The van der Waals surface area contributed by atoms with Crippen LogP contribution < -0.4 is 4.90 Å². The molecule has 2 aromatic carbocycles. The average molecular weight is 520 g/mol. The van der Waals surface area contributed by atoms with Crippen molar-refractivity contribution in [3.8, 4) is 0 Å². The topological polar surface area (TPSA) is 55.8 Å². The monoisotopic (exact) mass is 519 g/mol. The van der Waals surface area contributed by atoms with Gasteiger partial charge in [0.25, 0.3) is 0 Å². The molecular formula is C28H29F4NO4. The van der Waals surface area contributed by atoms with Gasteiger partial charge < -0.3 is 14.4 Å². The van der Waals surface area contributed by atoms with Gasteiger partial charge >= 0.3 is 18.1 Å². The second-order valence-electron chi connectivity index (χ2n) is 9.90. The van der Waals surface area contributed by atoms with E-state index in [0.29, 0.717) is 23.3 Å². The summed E-state index contributed by atoms with van der Waals surface area (Å²) in [5, 5.41) is 0. The lowest BCUT2D eigenvalue weighted by molar-refractivity contribution is -0.170. The van der Waals surface area contributed by atoms with Crippen LogP contribution in [-0.4, -0.2) is 44.4 Å². The van der Waals surface area contributed by atoms with Crippen LogP contribution in [0.5, 0.6) is 0 Å². The molecule has 0 saturated heterocycles. The van der Waals surface area contributed by atoms with Crippen molar-refractivity contribution in [1.82, 2.24) is 0 Å². The summed E-state index contributed by atoms with van der Waals surface area (Å²) in [7, 11) is 2.42. The van der Waals surface area contributed by atoms with E-state index in [1.165, 1.54) is 25.3 Å². The highest BCUT2D eigenvalue weighted by molar-refractivity contribution is 5.97. The molecule has 0 bridgehead atoms. The van der Waals surface area contributed by atoms with Crippen molar-refractivity contribution in [3.05, 3.63) is 71.0 Å². The highest BCUT2D eigenvalue weighted by Gasteiger charge is 2.54. The smallest absolute Gasteiger partial charge is 0.469 e. The van der Waals surface area contributed by atoms with Crippen molar-refractivity contribution in [2.45, 2.75) is 50.3 Å². The molecule has 0 radical (unpaired) electrons. The summed E-state index contributed by atoms with van der Waals surface area (Å²) in [5.74, 6) is -3.63. The van der Waals surface area contributed by atoms with E-state index in [1.807, 2.05) is 19.9 Å². The second kappa shape index (κ2) is 9.93. The molecule has 37 heavy (non-hydrogen) atoms. The minimum absolute atomic E-state index is 0.0458. The van der Waals surface area contributed by atoms with Gasteiger partial charge in [-0.1, -0.05) is 32.0 Å². The molecule has 2 unspecified atom stereocenters. The molecule has 1 saturated carbocycles. The number of ether oxygens (including phenoxy) is 2. The number of benzene rings is 2. The lowest BCUT2D eigenvalue weighted by Crippen LogP contribution is -2.38. The molecular weight excluding hydrogens is 490 g/mol. The number of esters is 1. The lowest BCUT2D eigenvalue weighted by atomic mass is 9.79. The predicted octanol–water partition coefficient (Wildman–Crippen LogP) is 5.99. The molecule has 1 heterocycles. The first kappa shape index (κ1) is 26.9. The third-order valence-electron chi connectivity index (χ3n) is 7.36. The summed E-state index contributed by atoms with van der Waals surface area (Å²) in [6.45, 7) is 4.12. The number of anilines is 1. The van der Waals surface area contributed by atoms with Gasteiger partial charge in [0, 0.05) is 18.7 Å². The predicted molar refractivity (Wildman–Crippen MR) is 131 cm³/mol. The Morgan fingerprint density at radius 2 is 1.81 bits per heavy atom. The highest BCUT2D eigenvalue weighted by Crippen LogP contribution is 2.54. The van der Waals surface area contributed by atoms with Gasteiger partial charge in [0.15, 0.2) is 0 Å². The number of rotatable bonds is 5. The van der Waals surface area contributed by atoms with E-state index in [-0.39, 0.29) is 24.2 Å². The Labute approximate surface area is 213 Å². The fraction of sp³-hybridized carbons (Fsp3) is 0.429. The van der Waals surface area contributed by atoms with Crippen molar-refractivity contribution >= 4 is 23.1 Å². The summed E-state index contributed by atoms with van der Waals surface area (Å²) in [4.78, 5) is 25.1. The molecule has 0 aromatic heterocycles. The fourth-order valence-electron chi connectivity index (χ4n) is 5.55. The molecule has 0 N–H and O–H groups in total. The molecule has 1 aliphatic carbocycles. The normalized spacial score (nSPS) is 23.4. The van der Waals surface area contributed by atoms with Gasteiger partial charge in [0.2, 0.25) is 0 Å². The standard InChI is InChI=1S/C28H29F4NO4/c1-16(2)21-10-9-20(33(3)26(35)28(30,31)32)13-23(21)18-14-27(37-15-18)12-11-22(25(34)36-4)24(27)17-5-7-19(29)8-6-17/h5-10,13-14,16,22,24H,11-12,15H2,1-4H3/t22?,24?,27-/m1/s1. The van der Waals surface area contributed by atoms with Crippen molar-refractivity contribution in [3.63, 3.8) is 0 Å². The van der Waals surface area contributed by atoms with E-state index >= 15 is 0 Å². The van der Waals surface area contributed by atoms with Gasteiger partial charge in [-0.15, -0.1) is 0 Å². The van der Waals surface area contributed by atoms with Crippen LogP contribution in [0.15, 0.2) is 48.5 Å². The molecule has 5 nitrogen and oxygen atoms in total. The number of hydrogen-bond donors (Lipinski definition) is 0. The number of carbonyl (C=O) groups is 2. The Hall–Kier alpha value is -3.20. The lowest BCUT2D eigenvalue weighted by Gasteiger charge is -2.31. The zero-order valence-corrected chi connectivity index (χ0v) is 21.1. The molecule has 4 rings (SSSR count). The summed E-state index contributed by atoms with van der Waals surface area (Å²) in [5.41, 5.74) is 2.31. The number of alkyl halides is 3. The maximum Gasteiger partial charge on any atom is 0.471 e. The first-order chi connectivity index (χ1) is 17.4. The molecule has 1 amide bonds. The molecule has 2 aromatic rings. The highest BCUT2D eigenvalue weighted by atomic mass is 19.4. The molecule has 1 spiro atoms. The van der Waals surface area contributed by atoms with E-state index < -0.39 is 35.3 Å². The molecule has 9 heteroatoms. The van der Waals surface area contributed by atoms with Crippen LogP contribution in [0, 0.1) is 11.7 Å². The largest absolute Gasteiger partial charge is 0.471 e. The van der Waals surface area contributed by atoms with Crippen LogP contribution in [0.3, 0.4) is 0 Å². The maximum absolute atomic E-state index is 13.7. The minimum atomic E-state index is -5.00. The van der Waals surface area contributed by atoms with Gasteiger partial charge in [-0.2, -0.15) is 13.2 Å².